The van der Waals surface area contributed by atoms with Crippen molar-refractivity contribution in [3.05, 3.63) is 22.2 Å². The summed E-state index contributed by atoms with van der Waals surface area (Å²) in [4.78, 5) is 0. The topological polar surface area (TPSA) is 64.7 Å². The Bertz CT molecular complexity index is 343. The highest BCUT2D eigenvalue weighted by atomic mass is 79.9. The van der Waals surface area contributed by atoms with Gasteiger partial charge < -0.3 is 20.3 Å². The minimum absolute atomic E-state index is 0.462. The Kier molecular flexibility index (Phi) is 4.58. The number of ether oxygens (including phenoxy) is 2. The van der Waals surface area contributed by atoms with E-state index >= 15 is 0 Å². The van der Waals surface area contributed by atoms with Gasteiger partial charge in [-0.25, -0.2) is 0 Å². The van der Waals surface area contributed by atoms with Crippen molar-refractivity contribution in [2.45, 2.75) is 19.1 Å². The number of hydrogen-bond acceptors (Lipinski definition) is 4. The van der Waals surface area contributed by atoms with Crippen LogP contribution in [0.1, 0.15) is 18.5 Å². The molecule has 0 aliphatic rings. The van der Waals surface area contributed by atoms with Crippen molar-refractivity contribution in [1.82, 2.24) is 0 Å². The Labute approximate surface area is 103 Å². The fourth-order valence-electron chi connectivity index (χ4n) is 1.36. The first kappa shape index (κ1) is 13.3. The van der Waals surface area contributed by atoms with Crippen molar-refractivity contribution >= 4 is 15.9 Å². The molecular weight excluding hydrogens is 274 g/mol. The van der Waals surface area contributed by atoms with Crippen molar-refractivity contribution < 1.29 is 14.6 Å². The van der Waals surface area contributed by atoms with Gasteiger partial charge in [0, 0.05) is 0 Å². The Morgan fingerprint density at radius 3 is 2.00 bits per heavy atom. The Morgan fingerprint density at radius 1 is 1.25 bits per heavy atom. The van der Waals surface area contributed by atoms with Crippen LogP contribution in [0.15, 0.2) is 16.6 Å². The second kappa shape index (κ2) is 5.52. The zero-order chi connectivity index (χ0) is 12.3. The lowest BCUT2D eigenvalue weighted by molar-refractivity contribution is 0.164. The highest BCUT2D eigenvalue weighted by Gasteiger charge is 2.17. The molecule has 5 heteroatoms. The summed E-state index contributed by atoms with van der Waals surface area (Å²) in [5.41, 5.74) is 6.63. The lowest BCUT2D eigenvalue weighted by atomic mass is 10.0. The highest BCUT2D eigenvalue weighted by molar-refractivity contribution is 9.10. The first-order valence-corrected chi connectivity index (χ1v) is 5.65. The van der Waals surface area contributed by atoms with E-state index in [0.717, 1.165) is 10.0 Å². The lowest BCUT2D eigenvalue weighted by Crippen LogP contribution is -2.23. The molecule has 1 rings (SSSR count). The average molecular weight is 290 g/mol. The average Bonchev–Trinajstić information content (AvgIpc) is 2.28. The van der Waals surface area contributed by atoms with Crippen LogP contribution in [0.3, 0.4) is 0 Å². The maximum Gasteiger partial charge on any atom is 0.137 e. The van der Waals surface area contributed by atoms with E-state index < -0.39 is 12.1 Å². The Balaban J connectivity index is 3.21. The summed E-state index contributed by atoms with van der Waals surface area (Å²) in [5.74, 6) is 1.26. The Hall–Kier alpha value is -0.780. The molecule has 0 saturated heterocycles. The predicted molar refractivity (Wildman–Crippen MR) is 65.9 cm³/mol. The molecule has 0 radical (unpaired) electrons. The van der Waals surface area contributed by atoms with Gasteiger partial charge in [-0.05, 0) is 40.5 Å². The van der Waals surface area contributed by atoms with Crippen molar-refractivity contribution in [3.8, 4) is 11.5 Å². The summed E-state index contributed by atoms with van der Waals surface area (Å²) in [6.45, 7) is 1.64. The zero-order valence-electron chi connectivity index (χ0n) is 9.53. The summed E-state index contributed by atoms with van der Waals surface area (Å²) >= 11 is 3.37. The van der Waals surface area contributed by atoms with E-state index in [4.69, 9.17) is 15.2 Å². The molecule has 2 atom stereocenters. The maximum absolute atomic E-state index is 9.45. The second-order valence-corrected chi connectivity index (χ2v) is 4.30. The van der Waals surface area contributed by atoms with Gasteiger partial charge in [0.1, 0.15) is 16.0 Å². The largest absolute Gasteiger partial charge is 0.495 e. The van der Waals surface area contributed by atoms with Crippen LogP contribution in [0.2, 0.25) is 0 Å². The summed E-state index contributed by atoms with van der Waals surface area (Å²) < 4.78 is 11.1. The quantitative estimate of drug-likeness (QED) is 0.888. The van der Waals surface area contributed by atoms with E-state index in [1.165, 1.54) is 0 Å². The number of rotatable bonds is 4. The van der Waals surface area contributed by atoms with Crippen LogP contribution in [0.5, 0.6) is 11.5 Å². The fourth-order valence-corrected chi connectivity index (χ4v) is 1.91. The van der Waals surface area contributed by atoms with Gasteiger partial charge in [0.15, 0.2) is 0 Å². The maximum atomic E-state index is 9.45. The Morgan fingerprint density at radius 2 is 1.69 bits per heavy atom. The van der Waals surface area contributed by atoms with Gasteiger partial charge in [-0.2, -0.15) is 0 Å². The van der Waals surface area contributed by atoms with Crippen molar-refractivity contribution in [1.29, 1.82) is 0 Å². The van der Waals surface area contributed by atoms with E-state index in [0.29, 0.717) is 11.5 Å². The standard InChI is InChI=1S/C11H16BrNO3/c1-6(14)11(13)7-4-8(15-2)10(12)9(5-7)16-3/h4-6,11,14H,13H2,1-3H3/t6-,11-/m0/s1. The third-order valence-corrected chi connectivity index (χ3v) is 3.15. The van der Waals surface area contributed by atoms with Crippen LogP contribution < -0.4 is 15.2 Å². The van der Waals surface area contributed by atoms with Crippen molar-refractivity contribution in [3.63, 3.8) is 0 Å². The molecule has 0 saturated carbocycles. The van der Waals surface area contributed by atoms with E-state index in [1.54, 1.807) is 33.3 Å². The van der Waals surface area contributed by atoms with Crippen molar-refractivity contribution in [2.75, 3.05) is 14.2 Å². The molecule has 16 heavy (non-hydrogen) atoms. The van der Waals surface area contributed by atoms with Gasteiger partial charge >= 0.3 is 0 Å². The number of benzene rings is 1. The highest BCUT2D eigenvalue weighted by Crippen LogP contribution is 2.37. The molecule has 0 amide bonds. The van der Waals surface area contributed by atoms with Gasteiger partial charge in [0.25, 0.3) is 0 Å². The molecule has 0 bridgehead atoms. The summed E-state index contributed by atoms with van der Waals surface area (Å²) in [5, 5.41) is 9.45. The number of hydrogen-bond donors (Lipinski definition) is 2. The number of nitrogens with two attached hydrogens (primary N) is 1. The first-order valence-electron chi connectivity index (χ1n) is 4.86. The van der Waals surface area contributed by atoms with E-state index in [2.05, 4.69) is 15.9 Å². The molecule has 1 aromatic carbocycles. The molecule has 0 aliphatic heterocycles. The van der Waals surface area contributed by atoms with Crippen LogP contribution >= 0.6 is 15.9 Å². The van der Waals surface area contributed by atoms with E-state index in [1.807, 2.05) is 0 Å². The van der Waals surface area contributed by atoms with Gasteiger partial charge in [-0.15, -0.1) is 0 Å². The fraction of sp³-hybridized carbons (Fsp3) is 0.455. The van der Waals surface area contributed by atoms with Crippen LogP contribution in [0.4, 0.5) is 0 Å². The molecule has 0 aliphatic carbocycles. The molecule has 90 valence electrons. The molecular formula is C11H16BrNO3. The third kappa shape index (κ3) is 2.66. The predicted octanol–water partition coefficient (Wildman–Crippen LogP) is 1.85. The van der Waals surface area contributed by atoms with E-state index in [-0.39, 0.29) is 0 Å². The molecule has 0 heterocycles. The normalized spacial score (nSPS) is 14.4. The molecule has 1 aromatic rings. The molecule has 0 fully saturated rings. The summed E-state index contributed by atoms with van der Waals surface area (Å²) in [6.07, 6.45) is -0.629. The van der Waals surface area contributed by atoms with Gasteiger partial charge in [-0.3, -0.25) is 0 Å². The van der Waals surface area contributed by atoms with Gasteiger partial charge in [-0.1, -0.05) is 0 Å². The van der Waals surface area contributed by atoms with Crippen molar-refractivity contribution in [2.24, 2.45) is 5.73 Å². The molecule has 3 N–H and O–H groups in total. The second-order valence-electron chi connectivity index (χ2n) is 3.51. The minimum atomic E-state index is -0.629. The monoisotopic (exact) mass is 289 g/mol. The van der Waals surface area contributed by atoms with Gasteiger partial charge in [0.2, 0.25) is 0 Å². The summed E-state index contributed by atoms with van der Waals surface area (Å²) in [6, 6.07) is 3.10. The van der Waals surface area contributed by atoms with Gasteiger partial charge in [0.05, 0.1) is 26.4 Å². The first-order chi connectivity index (χ1) is 7.51. The SMILES string of the molecule is COc1cc([C@@H](N)[C@H](C)O)cc(OC)c1Br. The molecule has 4 nitrogen and oxygen atoms in total. The molecule has 0 spiro atoms. The summed E-state index contributed by atoms with van der Waals surface area (Å²) in [7, 11) is 3.13. The van der Waals surface area contributed by atoms with Crippen LogP contribution in [-0.4, -0.2) is 25.4 Å². The molecule has 0 aromatic heterocycles. The number of aliphatic hydroxyl groups excluding tert-OH is 1. The van der Waals surface area contributed by atoms with E-state index in [9.17, 15) is 5.11 Å². The third-order valence-electron chi connectivity index (χ3n) is 2.37. The van der Waals surface area contributed by atoms with Crippen LogP contribution in [0.25, 0.3) is 0 Å². The minimum Gasteiger partial charge on any atom is -0.495 e. The number of halogens is 1. The number of aliphatic hydroxyl groups is 1. The van der Waals surface area contributed by atoms with Crippen LogP contribution in [0, 0.1) is 0 Å². The smallest absolute Gasteiger partial charge is 0.137 e. The van der Waals surface area contributed by atoms with Crippen LogP contribution in [-0.2, 0) is 0 Å². The number of methoxy groups -OCH3 is 2. The lowest BCUT2D eigenvalue weighted by Gasteiger charge is -2.18. The molecule has 0 unspecified atom stereocenters. The zero-order valence-corrected chi connectivity index (χ0v) is 11.1.